The van der Waals surface area contributed by atoms with E-state index < -0.39 is 0 Å². The molecule has 7 heteroatoms. The maximum absolute atomic E-state index is 12.4. The zero-order valence-corrected chi connectivity index (χ0v) is 17.7. The highest BCUT2D eigenvalue weighted by molar-refractivity contribution is 7.99. The smallest absolute Gasteiger partial charge is 0.233 e. The summed E-state index contributed by atoms with van der Waals surface area (Å²) in [4.78, 5) is 19.1. The van der Waals surface area contributed by atoms with Crippen molar-refractivity contribution in [1.82, 2.24) is 24.6 Å². The molecule has 4 aromatic rings. The van der Waals surface area contributed by atoms with Crippen LogP contribution < -0.4 is 0 Å². The maximum atomic E-state index is 12.4. The molecule has 0 bridgehead atoms. The van der Waals surface area contributed by atoms with Crippen LogP contribution in [0.5, 0.6) is 0 Å². The van der Waals surface area contributed by atoms with Gasteiger partial charge in [0.25, 0.3) is 0 Å². The number of amides is 1. The number of hydrogen-bond acceptors (Lipinski definition) is 5. The van der Waals surface area contributed by atoms with E-state index in [2.05, 4.69) is 58.1 Å². The van der Waals surface area contributed by atoms with Crippen molar-refractivity contribution in [3.63, 3.8) is 0 Å². The van der Waals surface area contributed by atoms with Gasteiger partial charge in [-0.25, -0.2) is 4.98 Å². The van der Waals surface area contributed by atoms with Crippen LogP contribution in [0.2, 0.25) is 0 Å². The Morgan fingerprint density at radius 3 is 2.73 bits per heavy atom. The SMILES string of the molecule is Cc1cccc(Cn2c3ccccc3c3nnc(SCC(=O)N4CCCC4)nc32)c1. The molecule has 1 aliphatic heterocycles. The van der Waals surface area contributed by atoms with E-state index in [4.69, 9.17) is 4.98 Å². The quantitative estimate of drug-likeness (QED) is 0.459. The fraction of sp³-hybridized carbons (Fsp3) is 0.304. The second-order valence-electron chi connectivity index (χ2n) is 7.74. The summed E-state index contributed by atoms with van der Waals surface area (Å²) in [5, 5.41) is 10.4. The first-order valence-electron chi connectivity index (χ1n) is 10.3. The van der Waals surface area contributed by atoms with Crippen LogP contribution in [0.1, 0.15) is 24.0 Å². The summed E-state index contributed by atoms with van der Waals surface area (Å²) in [6, 6.07) is 16.7. The van der Waals surface area contributed by atoms with Gasteiger partial charge in [-0.1, -0.05) is 59.8 Å². The highest BCUT2D eigenvalue weighted by Gasteiger charge is 2.19. The van der Waals surface area contributed by atoms with Gasteiger partial charge in [-0.05, 0) is 31.4 Å². The largest absolute Gasteiger partial charge is 0.342 e. The number of fused-ring (bicyclic) bond motifs is 3. The highest BCUT2D eigenvalue weighted by Crippen LogP contribution is 2.28. The second kappa shape index (κ2) is 8.07. The van der Waals surface area contributed by atoms with Crippen LogP contribution in [0.3, 0.4) is 0 Å². The third kappa shape index (κ3) is 3.65. The summed E-state index contributed by atoms with van der Waals surface area (Å²) in [5.74, 6) is 0.507. The molecule has 3 heterocycles. The molecule has 6 nitrogen and oxygen atoms in total. The molecule has 0 aliphatic carbocycles. The second-order valence-corrected chi connectivity index (χ2v) is 8.68. The summed E-state index contributed by atoms with van der Waals surface area (Å²) in [5.41, 5.74) is 5.15. The van der Waals surface area contributed by atoms with Crippen molar-refractivity contribution in [3.05, 3.63) is 59.7 Å². The number of carbonyl (C=O) groups is 1. The molecule has 0 N–H and O–H groups in total. The summed E-state index contributed by atoms with van der Waals surface area (Å²) >= 11 is 1.37. The summed E-state index contributed by atoms with van der Waals surface area (Å²) in [7, 11) is 0. The minimum atomic E-state index is 0.154. The fourth-order valence-electron chi connectivity index (χ4n) is 4.09. The molecule has 1 amide bonds. The molecule has 0 spiro atoms. The van der Waals surface area contributed by atoms with Crippen molar-refractivity contribution in [2.24, 2.45) is 0 Å². The molecule has 0 unspecified atom stereocenters. The lowest BCUT2D eigenvalue weighted by Crippen LogP contribution is -2.29. The molecular formula is C23H23N5OS. The van der Waals surface area contributed by atoms with E-state index in [1.54, 1.807) is 0 Å². The first kappa shape index (κ1) is 19.1. The topological polar surface area (TPSA) is 63.9 Å². The van der Waals surface area contributed by atoms with Gasteiger partial charge in [-0.3, -0.25) is 4.79 Å². The van der Waals surface area contributed by atoms with Crippen molar-refractivity contribution >= 4 is 39.7 Å². The van der Waals surface area contributed by atoms with Gasteiger partial charge in [0.05, 0.1) is 11.3 Å². The minimum Gasteiger partial charge on any atom is -0.342 e. The molecular weight excluding hydrogens is 394 g/mol. The Morgan fingerprint density at radius 1 is 1.07 bits per heavy atom. The molecule has 0 radical (unpaired) electrons. The number of hydrogen-bond donors (Lipinski definition) is 0. The Bertz CT molecular complexity index is 1230. The molecule has 2 aromatic heterocycles. The van der Waals surface area contributed by atoms with E-state index in [0.717, 1.165) is 48.0 Å². The summed E-state index contributed by atoms with van der Waals surface area (Å²) in [6.07, 6.45) is 2.19. The maximum Gasteiger partial charge on any atom is 0.233 e. The number of likely N-dealkylation sites (tertiary alicyclic amines) is 1. The van der Waals surface area contributed by atoms with Gasteiger partial charge >= 0.3 is 0 Å². The number of benzene rings is 2. The number of nitrogens with zero attached hydrogens (tertiary/aromatic N) is 5. The monoisotopic (exact) mass is 417 g/mol. The normalized spacial score (nSPS) is 14.1. The van der Waals surface area contributed by atoms with Gasteiger partial charge in [-0.15, -0.1) is 10.2 Å². The predicted molar refractivity (Wildman–Crippen MR) is 120 cm³/mol. The summed E-state index contributed by atoms with van der Waals surface area (Å²) in [6.45, 7) is 4.54. The van der Waals surface area contributed by atoms with Crippen molar-refractivity contribution < 1.29 is 4.79 Å². The van der Waals surface area contributed by atoms with E-state index in [-0.39, 0.29) is 5.91 Å². The Hall–Kier alpha value is -2.93. The van der Waals surface area contributed by atoms with Crippen molar-refractivity contribution in [1.29, 1.82) is 0 Å². The number of rotatable bonds is 5. The number of aromatic nitrogens is 4. The highest BCUT2D eigenvalue weighted by atomic mass is 32.2. The fourth-order valence-corrected chi connectivity index (χ4v) is 4.77. The van der Waals surface area contributed by atoms with Gasteiger partial charge in [-0.2, -0.15) is 0 Å². The van der Waals surface area contributed by atoms with Gasteiger partial charge in [0, 0.05) is 25.0 Å². The average molecular weight is 418 g/mol. The molecule has 1 aliphatic rings. The van der Waals surface area contributed by atoms with Crippen LogP contribution in [0.15, 0.2) is 53.7 Å². The van der Waals surface area contributed by atoms with Crippen LogP contribution in [-0.2, 0) is 11.3 Å². The van der Waals surface area contributed by atoms with Crippen molar-refractivity contribution in [2.45, 2.75) is 31.5 Å². The predicted octanol–water partition coefficient (Wildman–Crippen LogP) is 4.05. The van der Waals surface area contributed by atoms with E-state index in [9.17, 15) is 4.79 Å². The Balaban J connectivity index is 1.50. The summed E-state index contributed by atoms with van der Waals surface area (Å²) < 4.78 is 2.19. The van der Waals surface area contributed by atoms with Crippen LogP contribution in [0, 0.1) is 6.92 Å². The lowest BCUT2D eigenvalue weighted by atomic mass is 10.1. The Morgan fingerprint density at radius 2 is 1.90 bits per heavy atom. The molecule has 5 rings (SSSR count). The number of carbonyl (C=O) groups excluding carboxylic acids is 1. The zero-order valence-electron chi connectivity index (χ0n) is 16.9. The van der Waals surface area contributed by atoms with E-state index in [1.807, 2.05) is 17.0 Å². The van der Waals surface area contributed by atoms with Crippen LogP contribution in [-0.4, -0.2) is 49.4 Å². The van der Waals surface area contributed by atoms with Gasteiger partial charge in [0.1, 0.15) is 5.52 Å². The number of thioether (sulfide) groups is 1. The third-order valence-electron chi connectivity index (χ3n) is 5.56. The average Bonchev–Trinajstić information content (AvgIpc) is 3.40. The van der Waals surface area contributed by atoms with Crippen molar-refractivity contribution in [3.8, 4) is 0 Å². The third-order valence-corrected chi connectivity index (χ3v) is 6.38. The molecule has 152 valence electrons. The Labute approximate surface area is 179 Å². The number of para-hydroxylation sites is 1. The van der Waals surface area contributed by atoms with Gasteiger partial charge in [0.2, 0.25) is 11.1 Å². The van der Waals surface area contributed by atoms with E-state index in [1.165, 1.54) is 22.9 Å². The molecule has 2 aromatic carbocycles. The van der Waals surface area contributed by atoms with Crippen LogP contribution in [0.4, 0.5) is 0 Å². The Kier molecular flexibility index (Phi) is 5.12. The number of aryl methyl sites for hydroxylation is 1. The molecule has 1 fully saturated rings. The minimum absolute atomic E-state index is 0.154. The van der Waals surface area contributed by atoms with E-state index >= 15 is 0 Å². The molecule has 0 saturated carbocycles. The lowest BCUT2D eigenvalue weighted by Gasteiger charge is -2.14. The molecule has 0 atom stereocenters. The molecule has 30 heavy (non-hydrogen) atoms. The van der Waals surface area contributed by atoms with Crippen molar-refractivity contribution in [2.75, 3.05) is 18.8 Å². The standard InChI is InChI=1S/C23H23N5OS/c1-16-7-6-8-17(13-16)14-28-19-10-3-2-9-18(19)21-22(28)24-23(26-25-21)30-15-20(29)27-11-4-5-12-27/h2-3,6-10,13H,4-5,11-12,14-15H2,1H3. The lowest BCUT2D eigenvalue weighted by molar-refractivity contribution is -0.127. The molecule has 1 saturated heterocycles. The first-order chi connectivity index (χ1) is 14.7. The van der Waals surface area contributed by atoms with E-state index in [0.29, 0.717) is 17.5 Å². The zero-order chi connectivity index (χ0) is 20.5. The van der Waals surface area contributed by atoms with Gasteiger partial charge in [0.15, 0.2) is 5.65 Å². The van der Waals surface area contributed by atoms with Gasteiger partial charge < -0.3 is 9.47 Å². The van der Waals surface area contributed by atoms with Crippen LogP contribution >= 0.6 is 11.8 Å². The first-order valence-corrected chi connectivity index (χ1v) is 11.3. The van der Waals surface area contributed by atoms with Crippen LogP contribution in [0.25, 0.3) is 22.1 Å².